The normalized spacial score (nSPS) is 11.3. The fourth-order valence-corrected chi connectivity index (χ4v) is 8.64. The van der Waals surface area contributed by atoms with Crippen LogP contribution in [0.3, 0.4) is 0 Å². The van der Waals surface area contributed by atoms with Gasteiger partial charge in [-0.2, -0.15) is 0 Å². The van der Waals surface area contributed by atoms with Crippen molar-refractivity contribution in [2.75, 3.05) is 42.3 Å². The average Bonchev–Trinajstić information content (AvgIpc) is 4.07. The molecule has 312 valence electrons. The summed E-state index contributed by atoms with van der Waals surface area (Å²) < 4.78 is 38.8. The number of thiophene rings is 2. The van der Waals surface area contributed by atoms with E-state index in [-0.39, 0.29) is 66.6 Å². The van der Waals surface area contributed by atoms with E-state index in [0.717, 1.165) is 31.0 Å². The molecule has 8 rings (SSSR count). The topological polar surface area (TPSA) is 119 Å². The van der Waals surface area contributed by atoms with Gasteiger partial charge in [0.15, 0.2) is 34.6 Å². The average molecular weight is 879 g/mol. The van der Waals surface area contributed by atoms with E-state index in [2.05, 4.69) is 43.8 Å². The Hall–Kier alpha value is -6.02. The molecule has 62 heavy (non-hydrogen) atoms. The zero-order chi connectivity index (χ0) is 43.2. The number of benzene rings is 5. The third-order valence-electron chi connectivity index (χ3n) is 9.87. The van der Waals surface area contributed by atoms with E-state index in [9.17, 15) is 14.7 Å². The molecule has 3 heterocycles. The maximum absolute atomic E-state index is 13.2. The van der Waals surface area contributed by atoms with Crippen LogP contribution in [0.25, 0.3) is 42.6 Å². The summed E-state index contributed by atoms with van der Waals surface area (Å²) in [6, 6.07) is 32.1. The SMILES string of the molecule is C=C(C(=O)c1ccc2c(c1)OCO2)c1cc(-c2ccc(C)s2)ccc1OC.COc1cc(OC)c(-c2cc3ccccc3s2)cc1C(=O)C=Cc1cc(OC)c(O)c(OC)c1.[H-].[Na+]. The standard InChI is InChI=1S/C27H24O6S.C22H18O4S.Na.H/c1-30-21-15-22(31-2)19(26-13-17-7-5-6-8-25(17)34-26)14-18(21)20(28)10-9-16-11-23(32-3)27(29)24(12-16)33-4;1-13-4-9-21(27-13)15-5-7-18(24-3)17(10-15)14(2)22(23)16-6-8-19-20(11-16)26-12-25-19;;/h5-15,29H,1-4H3;4-11H,2,12H2,1,3H3;;/q;;+1;-1. The predicted molar refractivity (Wildman–Crippen MR) is 243 cm³/mol. The molecule has 0 atom stereocenters. The number of fused-ring (bicyclic) bond motifs is 2. The first-order chi connectivity index (χ1) is 29.5. The Balaban J connectivity index is 0.000000236. The van der Waals surface area contributed by atoms with Crippen molar-refractivity contribution >= 4 is 56.0 Å². The van der Waals surface area contributed by atoms with Crippen molar-refractivity contribution < 1.29 is 78.8 Å². The third-order valence-corrected chi connectivity index (χ3v) is 12.1. The summed E-state index contributed by atoms with van der Waals surface area (Å²) in [5, 5.41) is 11.2. The van der Waals surface area contributed by atoms with Gasteiger partial charge in [-0.15, -0.1) is 22.7 Å². The Morgan fingerprint density at radius 3 is 2.05 bits per heavy atom. The number of ether oxygens (including phenoxy) is 7. The van der Waals surface area contributed by atoms with Gasteiger partial charge in [0.25, 0.3) is 0 Å². The van der Waals surface area contributed by atoms with E-state index in [0.29, 0.717) is 56.6 Å². The van der Waals surface area contributed by atoms with Gasteiger partial charge in [0.2, 0.25) is 12.5 Å². The van der Waals surface area contributed by atoms with Crippen LogP contribution in [0.2, 0.25) is 0 Å². The largest absolute Gasteiger partial charge is 1.00 e. The van der Waals surface area contributed by atoms with Gasteiger partial charge in [0, 0.05) is 47.7 Å². The van der Waals surface area contributed by atoms with Crippen molar-refractivity contribution in [2.45, 2.75) is 6.92 Å². The molecule has 0 saturated heterocycles. The Morgan fingerprint density at radius 2 is 1.39 bits per heavy atom. The molecule has 1 aliphatic heterocycles. The number of hydrogen-bond donors (Lipinski definition) is 1. The van der Waals surface area contributed by atoms with Crippen LogP contribution in [0.4, 0.5) is 0 Å². The van der Waals surface area contributed by atoms with Crippen LogP contribution in [0.5, 0.6) is 46.0 Å². The van der Waals surface area contributed by atoms with Gasteiger partial charge < -0.3 is 39.7 Å². The number of Topliss-reactive ketones (excluding diaryl/α,β-unsaturated/α-hetero) is 1. The fraction of sp³-hybridized carbons (Fsp3) is 0.143. The minimum atomic E-state index is -0.243. The van der Waals surface area contributed by atoms with Gasteiger partial charge in [0.1, 0.15) is 17.2 Å². The number of hydrogen-bond acceptors (Lipinski definition) is 12. The fourth-order valence-electron chi connectivity index (χ4n) is 6.69. The molecule has 13 heteroatoms. The number of carbonyl (C=O) groups is 2. The summed E-state index contributed by atoms with van der Waals surface area (Å²) >= 11 is 3.34. The number of ketones is 2. The van der Waals surface area contributed by atoms with E-state index >= 15 is 0 Å². The summed E-state index contributed by atoms with van der Waals surface area (Å²) in [6.45, 7) is 6.29. The summed E-state index contributed by atoms with van der Waals surface area (Å²) in [7, 11) is 7.60. The van der Waals surface area contributed by atoms with Crippen LogP contribution in [0.15, 0.2) is 116 Å². The molecule has 0 unspecified atom stereocenters. The van der Waals surface area contributed by atoms with E-state index in [1.165, 1.54) is 32.3 Å². The quantitative estimate of drug-likeness (QED) is 0.0685. The van der Waals surface area contributed by atoms with Gasteiger partial charge in [-0.05, 0) is 108 Å². The molecule has 0 bridgehead atoms. The van der Waals surface area contributed by atoms with Crippen molar-refractivity contribution in [3.05, 3.63) is 143 Å². The van der Waals surface area contributed by atoms with Crippen LogP contribution in [-0.4, -0.2) is 59.0 Å². The van der Waals surface area contributed by atoms with Crippen LogP contribution in [0.1, 0.15) is 38.1 Å². The van der Waals surface area contributed by atoms with Crippen molar-refractivity contribution in [3.63, 3.8) is 0 Å². The Bertz CT molecular complexity index is 2770. The molecule has 0 amide bonds. The van der Waals surface area contributed by atoms with Crippen LogP contribution in [0, 0.1) is 6.92 Å². The van der Waals surface area contributed by atoms with Crippen molar-refractivity contribution in [3.8, 4) is 66.9 Å². The first kappa shape index (κ1) is 45.5. The molecule has 5 aromatic carbocycles. The van der Waals surface area contributed by atoms with E-state index in [1.807, 2.05) is 30.3 Å². The van der Waals surface area contributed by atoms with Crippen molar-refractivity contribution in [1.82, 2.24) is 0 Å². The number of aryl methyl sites for hydroxylation is 1. The van der Waals surface area contributed by atoms with Crippen LogP contribution >= 0.6 is 22.7 Å². The minimum Gasteiger partial charge on any atom is -1.00 e. The predicted octanol–water partition coefficient (Wildman–Crippen LogP) is 8.68. The van der Waals surface area contributed by atoms with Crippen molar-refractivity contribution in [2.24, 2.45) is 0 Å². The second-order valence-corrected chi connectivity index (χ2v) is 15.9. The number of phenolic OH excluding ortho intramolecular Hbond substituents is 1. The van der Waals surface area contributed by atoms with Gasteiger partial charge in [0.05, 0.1) is 41.1 Å². The summed E-state index contributed by atoms with van der Waals surface area (Å²) in [6.07, 6.45) is 3.08. The van der Waals surface area contributed by atoms with E-state index in [1.54, 1.807) is 85.4 Å². The number of allylic oxidation sites excluding steroid dienone is 2. The van der Waals surface area contributed by atoms with Crippen molar-refractivity contribution in [1.29, 1.82) is 0 Å². The summed E-state index contributed by atoms with van der Waals surface area (Å²) in [5.74, 6) is 2.85. The first-order valence-corrected chi connectivity index (χ1v) is 20.5. The molecule has 2 aromatic heterocycles. The number of carbonyl (C=O) groups excluding carboxylic acids is 2. The monoisotopic (exact) mass is 878 g/mol. The molecule has 0 spiro atoms. The zero-order valence-corrected chi connectivity index (χ0v) is 39.0. The molecule has 7 aromatic rings. The van der Waals surface area contributed by atoms with Crippen LogP contribution < -0.4 is 62.7 Å². The van der Waals surface area contributed by atoms with Gasteiger partial charge in [-0.1, -0.05) is 30.9 Å². The van der Waals surface area contributed by atoms with Gasteiger partial charge in [-0.3, -0.25) is 9.59 Å². The summed E-state index contributed by atoms with van der Waals surface area (Å²) in [4.78, 5) is 29.6. The molecular formula is C49H43NaO10S2. The number of aromatic hydroxyl groups is 1. The maximum Gasteiger partial charge on any atom is 1.00 e. The molecule has 0 saturated carbocycles. The Labute approximate surface area is 391 Å². The number of phenols is 1. The number of rotatable bonds is 13. The molecular weight excluding hydrogens is 836 g/mol. The third kappa shape index (κ3) is 9.70. The minimum absolute atomic E-state index is 0. The molecule has 1 aliphatic rings. The second-order valence-electron chi connectivity index (χ2n) is 13.6. The molecule has 0 radical (unpaired) electrons. The molecule has 0 aliphatic carbocycles. The summed E-state index contributed by atoms with van der Waals surface area (Å²) in [5.41, 5.74) is 4.45. The molecule has 10 nitrogen and oxygen atoms in total. The van der Waals surface area contributed by atoms with Gasteiger partial charge in [-0.25, -0.2) is 0 Å². The van der Waals surface area contributed by atoms with Crippen LogP contribution in [-0.2, 0) is 0 Å². The van der Waals surface area contributed by atoms with Gasteiger partial charge >= 0.3 is 29.6 Å². The second kappa shape index (κ2) is 20.2. The number of methoxy groups -OCH3 is 5. The van der Waals surface area contributed by atoms with E-state index < -0.39 is 0 Å². The Morgan fingerprint density at radius 1 is 0.694 bits per heavy atom. The molecule has 1 N–H and O–H groups in total. The van der Waals surface area contributed by atoms with E-state index in [4.69, 9.17) is 33.2 Å². The maximum atomic E-state index is 13.2. The zero-order valence-electron chi connectivity index (χ0n) is 36.3. The molecule has 0 fully saturated rings. The Kier molecular flexibility index (Phi) is 14.9. The first-order valence-electron chi connectivity index (χ1n) is 18.9. The smallest absolute Gasteiger partial charge is 1.00 e.